The molecule has 4 heteroatoms. The summed E-state index contributed by atoms with van der Waals surface area (Å²) in [5.41, 5.74) is 0. The van der Waals surface area contributed by atoms with Crippen LogP contribution in [-0.2, 0) is 10.8 Å². The van der Waals surface area contributed by atoms with Crippen LogP contribution in [0.5, 0.6) is 0 Å². The van der Waals surface area contributed by atoms with Crippen molar-refractivity contribution in [2.45, 2.75) is 57.5 Å². The number of hydrogen-bond donors (Lipinski definition) is 1. The minimum absolute atomic E-state index is 0.642. The molecule has 112 valence electrons. The van der Waals surface area contributed by atoms with Crippen molar-refractivity contribution < 1.29 is 4.21 Å². The van der Waals surface area contributed by atoms with Gasteiger partial charge in [0, 0.05) is 54.5 Å². The average Bonchev–Trinajstić information content (AvgIpc) is 2.45. The van der Waals surface area contributed by atoms with Gasteiger partial charge in [-0.1, -0.05) is 26.2 Å². The van der Waals surface area contributed by atoms with E-state index in [1.807, 2.05) is 6.26 Å². The van der Waals surface area contributed by atoms with Crippen LogP contribution >= 0.6 is 0 Å². The van der Waals surface area contributed by atoms with Gasteiger partial charge in [-0.2, -0.15) is 0 Å². The van der Waals surface area contributed by atoms with Crippen LogP contribution in [0.25, 0.3) is 0 Å². The second kappa shape index (κ2) is 7.75. The molecule has 2 aliphatic rings. The first-order valence-corrected chi connectivity index (χ1v) is 9.71. The Balaban J connectivity index is 1.88. The lowest BCUT2D eigenvalue weighted by atomic mass is 9.82. The topological polar surface area (TPSA) is 32.3 Å². The van der Waals surface area contributed by atoms with Gasteiger partial charge in [-0.3, -0.25) is 9.11 Å². The summed E-state index contributed by atoms with van der Waals surface area (Å²) in [4.78, 5) is 2.59. The van der Waals surface area contributed by atoms with Gasteiger partial charge in [-0.05, 0) is 25.2 Å². The highest BCUT2D eigenvalue weighted by molar-refractivity contribution is 7.84. The summed E-state index contributed by atoms with van der Waals surface area (Å²) in [6, 6.07) is 1.32. The molecule has 3 nitrogen and oxygen atoms in total. The molecule has 0 aromatic carbocycles. The van der Waals surface area contributed by atoms with Crippen LogP contribution in [0.1, 0.15) is 45.4 Å². The van der Waals surface area contributed by atoms with Crippen LogP contribution in [0.15, 0.2) is 0 Å². The van der Waals surface area contributed by atoms with Crippen LogP contribution < -0.4 is 5.32 Å². The molecule has 1 aliphatic heterocycles. The summed E-state index contributed by atoms with van der Waals surface area (Å²) in [5, 5.41) is 3.79. The minimum atomic E-state index is -0.662. The van der Waals surface area contributed by atoms with Crippen molar-refractivity contribution in [2.75, 3.05) is 31.6 Å². The highest BCUT2D eigenvalue weighted by atomic mass is 32.2. The smallest absolute Gasteiger partial charge is 0.0359 e. The van der Waals surface area contributed by atoms with Crippen LogP contribution in [0.4, 0.5) is 0 Å². The van der Waals surface area contributed by atoms with Crippen LogP contribution in [0.2, 0.25) is 0 Å². The van der Waals surface area contributed by atoms with Crippen LogP contribution in [0, 0.1) is 5.92 Å². The van der Waals surface area contributed by atoms with E-state index in [0.29, 0.717) is 12.1 Å². The zero-order valence-electron chi connectivity index (χ0n) is 12.6. The number of nitrogens with one attached hydrogen (secondary N) is 1. The Labute approximate surface area is 121 Å². The van der Waals surface area contributed by atoms with Gasteiger partial charge in [0.1, 0.15) is 0 Å². The van der Waals surface area contributed by atoms with E-state index in [2.05, 4.69) is 17.1 Å². The largest absolute Gasteiger partial charge is 0.311 e. The van der Waals surface area contributed by atoms with Gasteiger partial charge in [0.2, 0.25) is 0 Å². The molecule has 3 unspecified atom stereocenters. The monoisotopic (exact) mass is 286 g/mol. The highest BCUT2D eigenvalue weighted by Crippen LogP contribution is 2.28. The molecule has 1 aliphatic carbocycles. The molecule has 1 heterocycles. The standard InChI is InChI=1S/C15H30N2OS/c1-3-14-11-16-15(13-7-5-4-6-8-13)12-17(14)9-10-19(2)18/h13-16H,3-12H2,1-2H3. The Kier molecular flexibility index (Phi) is 6.30. The van der Waals surface area contributed by atoms with Crippen LogP contribution in [0.3, 0.4) is 0 Å². The van der Waals surface area contributed by atoms with E-state index in [0.717, 1.165) is 24.8 Å². The van der Waals surface area contributed by atoms with Crippen molar-refractivity contribution in [3.05, 3.63) is 0 Å². The first-order valence-electron chi connectivity index (χ1n) is 7.98. The molecule has 0 amide bonds. The van der Waals surface area contributed by atoms with Gasteiger partial charge in [-0.15, -0.1) is 0 Å². The Bertz CT molecular complexity index is 292. The minimum Gasteiger partial charge on any atom is -0.311 e. The summed E-state index contributed by atoms with van der Waals surface area (Å²) < 4.78 is 11.3. The van der Waals surface area contributed by atoms with Gasteiger partial charge in [0.05, 0.1) is 0 Å². The van der Waals surface area contributed by atoms with E-state index in [1.54, 1.807) is 0 Å². The molecule has 0 aromatic heterocycles. The summed E-state index contributed by atoms with van der Waals surface area (Å²) >= 11 is 0. The second-order valence-electron chi connectivity index (χ2n) is 6.25. The predicted molar refractivity (Wildman–Crippen MR) is 83.0 cm³/mol. The molecule has 1 saturated carbocycles. The number of rotatable bonds is 5. The molecule has 19 heavy (non-hydrogen) atoms. The van der Waals surface area contributed by atoms with Crippen molar-refractivity contribution in [1.82, 2.24) is 10.2 Å². The van der Waals surface area contributed by atoms with E-state index in [4.69, 9.17) is 0 Å². The molecular weight excluding hydrogens is 256 g/mol. The molecule has 0 spiro atoms. The number of piperazine rings is 1. The Morgan fingerprint density at radius 1 is 1.26 bits per heavy atom. The van der Waals surface area contributed by atoms with Crippen molar-refractivity contribution in [2.24, 2.45) is 5.92 Å². The van der Waals surface area contributed by atoms with Crippen molar-refractivity contribution in [3.63, 3.8) is 0 Å². The van der Waals surface area contributed by atoms with Gasteiger partial charge in [0.25, 0.3) is 0 Å². The number of hydrogen-bond acceptors (Lipinski definition) is 3. The highest BCUT2D eigenvalue weighted by Gasteiger charge is 2.31. The molecule has 2 rings (SSSR count). The molecule has 0 aromatic rings. The van der Waals surface area contributed by atoms with E-state index in [9.17, 15) is 4.21 Å². The molecular formula is C15H30N2OS. The fourth-order valence-electron chi connectivity index (χ4n) is 3.66. The summed E-state index contributed by atoms with van der Waals surface area (Å²) in [6.45, 7) is 5.56. The van der Waals surface area contributed by atoms with Gasteiger partial charge < -0.3 is 5.32 Å². The van der Waals surface area contributed by atoms with Gasteiger partial charge in [0.15, 0.2) is 0 Å². The second-order valence-corrected chi connectivity index (χ2v) is 7.80. The van der Waals surface area contributed by atoms with E-state index >= 15 is 0 Å². The third-order valence-electron chi connectivity index (χ3n) is 4.92. The van der Waals surface area contributed by atoms with Crippen molar-refractivity contribution in [1.29, 1.82) is 0 Å². The third kappa shape index (κ3) is 4.54. The Morgan fingerprint density at radius 3 is 2.63 bits per heavy atom. The first kappa shape index (κ1) is 15.5. The third-order valence-corrected chi connectivity index (χ3v) is 5.68. The van der Waals surface area contributed by atoms with Crippen LogP contribution in [-0.4, -0.2) is 52.8 Å². The maximum Gasteiger partial charge on any atom is 0.0359 e. The summed E-state index contributed by atoms with van der Waals surface area (Å²) in [6.07, 6.45) is 10.1. The van der Waals surface area contributed by atoms with Gasteiger partial charge >= 0.3 is 0 Å². The Morgan fingerprint density at radius 2 is 2.00 bits per heavy atom. The summed E-state index contributed by atoms with van der Waals surface area (Å²) in [7, 11) is -0.662. The molecule has 2 fully saturated rings. The fourth-order valence-corrected chi connectivity index (χ4v) is 4.15. The maximum absolute atomic E-state index is 11.3. The lowest BCUT2D eigenvalue weighted by Crippen LogP contribution is -2.59. The van der Waals surface area contributed by atoms with Gasteiger partial charge in [-0.25, -0.2) is 0 Å². The quantitative estimate of drug-likeness (QED) is 0.839. The molecule has 0 radical (unpaired) electrons. The zero-order chi connectivity index (χ0) is 13.7. The molecule has 1 saturated heterocycles. The normalized spacial score (nSPS) is 32.3. The Hall–Kier alpha value is 0.0700. The molecule has 3 atom stereocenters. The lowest BCUT2D eigenvalue weighted by Gasteiger charge is -2.43. The molecule has 0 bridgehead atoms. The summed E-state index contributed by atoms with van der Waals surface area (Å²) in [5.74, 6) is 1.70. The zero-order valence-corrected chi connectivity index (χ0v) is 13.4. The lowest BCUT2D eigenvalue weighted by molar-refractivity contribution is 0.0995. The predicted octanol–water partition coefficient (Wildman–Crippen LogP) is 2.00. The number of nitrogens with zero attached hydrogens (tertiary/aromatic N) is 1. The molecule has 1 N–H and O–H groups in total. The SMILES string of the molecule is CCC1CNC(C2CCCCC2)CN1CCS(C)=O. The fraction of sp³-hybridized carbons (Fsp3) is 1.00. The van der Waals surface area contributed by atoms with E-state index < -0.39 is 10.8 Å². The van der Waals surface area contributed by atoms with Crippen molar-refractivity contribution >= 4 is 10.8 Å². The maximum atomic E-state index is 11.3. The van der Waals surface area contributed by atoms with E-state index in [-0.39, 0.29) is 0 Å². The van der Waals surface area contributed by atoms with E-state index in [1.165, 1.54) is 45.1 Å². The first-order chi connectivity index (χ1) is 9.20. The average molecular weight is 286 g/mol. The van der Waals surface area contributed by atoms with Crippen molar-refractivity contribution in [3.8, 4) is 0 Å².